The van der Waals surface area contributed by atoms with Gasteiger partial charge in [0.2, 0.25) is 5.70 Å². The van der Waals surface area contributed by atoms with Crippen LogP contribution in [0.4, 0.5) is 0 Å². The van der Waals surface area contributed by atoms with Gasteiger partial charge in [-0.15, -0.1) is 0 Å². The summed E-state index contributed by atoms with van der Waals surface area (Å²) in [6.07, 6.45) is 0. The molecule has 0 unspecified atom stereocenters. The first kappa shape index (κ1) is 7.94. The van der Waals surface area contributed by atoms with Gasteiger partial charge in [0.15, 0.2) is 0 Å². The van der Waals surface area contributed by atoms with Crippen molar-refractivity contribution in [2.24, 2.45) is 5.73 Å². The molecule has 0 saturated heterocycles. The van der Waals surface area contributed by atoms with E-state index in [9.17, 15) is 0 Å². The number of aliphatic imine (C=N–C) groups is 1. The Morgan fingerprint density at radius 1 is 1.36 bits per heavy atom. The molecule has 0 saturated carbocycles. The van der Waals surface area contributed by atoms with Gasteiger partial charge in [0.25, 0.3) is 0 Å². The average Bonchev–Trinajstić information content (AvgIpc) is 2.59. The van der Waals surface area contributed by atoms with E-state index in [4.69, 9.17) is 10.5 Å². The lowest BCUT2D eigenvalue weighted by atomic mass is 10.1. The minimum Gasteiger partial charge on any atom is -0.487 e. The lowest BCUT2D eigenvalue weighted by Gasteiger charge is -2.14. The summed E-state index contributed by atoms with van der Waals surface area (Å²) in [5.41, 5.74) is 7.69. The summed E-state index contributed by atoms with van der Waals surface area (Å²) in [6.45, 7) is 0.585. The quantitative estimate of drug-likeness (QED) is 0.689. The number of amidine groups is 1. The van der Waals surface area contributed by atoms with Crippen molar-refractivity contribution in [3.05, 3.63) is 34.7 Å². The van der Waals surface area contributed by atoms with Crippen molar-refractivity contribution in [2.75, 3.05) is 6.61 Å². The van der Waals surface area contributed by atoms with Crippen LogP contribution >= 0.6 is 11.8 Å². The topological polar surface area (TPSA) is 49.4 Å². The molecule has 69 valence electrons. The molecular weight excluding hydrogens is 196 g/mol. The van der Waals surface area contributed by atoms with E-state index < -0.39 is 0 Å². The van der Waals surface area contributed by atoms with Crippen LogP contribution in [0.2, 0.25) is 0 Å². The standard InChI is InChI=1S/C10H8N2OS/c11-10-12-9-6-3-1-2-4-7(6)13-5-8(9)14-10/h1-4H,5,11H2/q+1. The summed E-state index contributed by atoms with van der Waals surface area (Å²) in [6, 6.07) is 7.90. The Hall–Kier alpha value is -1.42. The number of nitrogens with two attached hydrogens (primary N) is 1. The summed E-state index contributed by atoms with van der Waals surface area (Å²) < 4.78 is 5.58. The van der Waals surface area contributed by atoms with E-state index in [1.54, 1.807) is 0 Å². The third-order valence-electron chi connectivity index (χ3n) is 2.21. The van der Waals surface area contributed by atoms with E-state index >= 15 is 0 Å². The van der Waals surface area contributed by atoms with Crippen molar-refractivity contribution >= 4 is 22.6 Å². The highest BCUT2D eigenvalue weighted by Crippen LogP contribution is 2.38. The van der Waals surface area contributed by atoms with Crippen LogP contribution in [0.25, 0.3) is 5.70 Å². The molecule has 4 heteroatoms. The number of rotatable bonds is 0. The van der Waals surface area contributed by atoms with Gasteiger partial charge < -0.3 is 4.74 Å². The maximum Gasteiger partial charge on any atom is 0.355 e. The Balaban J connectivity index is 2.19. The molecule has 0 amide bonds. The molecule has 0 spiro atoms. The molecule has 1 aromatic carbocycles. The molecule has 2 aliphatic heterocycles. The fraction of sp³-hybridized carbons (Fsp3) is 0.100. The predicted octanol–water partition coefficient (Wildman–Crippen LogP) is 1.14. The zero-order valence-corrected chi connectivity index (χ0v) is 8.17. The number of fused-ring (bicyclic) bond motifs is 2. The summed E-state index contributed by atoms with van der Waals surface area (Å²) in [5, 5.41) is 0.607. The average molecular weight is 204 g/mol. The Kier molecular flexibility index (Phi) is 1.58. The highest BCUT2D eigenvalue weighted by Gasteiger charge is 2.31. The molecule has 0 atom stereocenters. The fourth-order valence-corrected chi connectivity index (χ4v) is 2.37. The van der Waals surface area contributed by atoms with Crippen molar-refractivity contribution in [3.63, 3.8) is 0 Å². The molecule has 2 aliphatic rings. The second kappa shape index (κ2) is 2.78. The van der Waals surface area contributed by atoms with Crippen LogP contribution in [0.3, 0.4) is 0 Å². The minimum atomic E-state index is 0.585. The third kappa shape index (κ3) is 1.04. The van der Waals surface area contributed by atoms with Gasteiger partial charge in [0.05, 0.1) is 10.5 Å². The molecule has 1 radical (unpaired) electrons. The smallest absolute Gasteiger partial charge is 0.355 e. The molecule has 3 nitrogen and oxygen atoms in total. The largest absolute Gasteiger partial charge is 0.487 e. The van der Waals surface area contributed by atoms with Gasteiger partial charge >= 0.3 is 5.17 Å². The first-order valence-electron chi connectivity index (χ1n) is 4.32. The number of ether oxygens (including phenoxy) is 1. The molecule has 1 aromatic rings. The number of hydrogen-bond acceptors (Lipinski definition) is 4. The summed E-state index contributed by atoms with van der Waals surface area (Å²) in [7, 11) is 0. The lowest BCUT2D eigenvalue weighted by molar-refractivity contribution is 0.354. The zero-order chi connectivity index (χ0) is 9.54. The van der Waals surface area contributed by atoms with Gasteiger partial charge in [0, 0.05) is 11.8 Å². The fourth-order valence-electron chi connectivity index (χ4n) is 1.61. The zero-order valence-electron chi connectivity index (χ0n) is 7.36. The highest BCUT2D eigenvalue weighted by atomic mass is 32.2. The molecule has 2 heterocycles. The van der Waals surface area contributed by atoms with Crippen molar-refractivity contribution in [2.45, 2.75) is 0 Å². The van der Waals surface area contributed by atoms with Crippen LogP contribution in [0.5, 0.6) is 5.75 Å². The first-order chi connectivity index (χ1) is 6.84. The number of nitrogens with zero attached hydrogens (tertiary/aromatic N) is 1. The Bertz CT molecular complexity index is 465. The predicted molar refractivity (Wildman–Crippen MR) is 57.8 cm³/mol. The molecule has 0 bridgehead atoms. The SMILES string of the molecule is NC1=[N+]C2=C(COc3ccccc32)S1. The van der Waals surface area contributed by atoms with Crippen molar-refractivity contribution in [3.8, 4) is 5.75 Å². The molecule has 3 rings (SSSR count). The maximum atomic E-state index is 5.67. The minimum absolute atomic E-state index is 0.585. The van der Waals surface area contributed by atoms with Crippen LogP contribution in [0.1, 0.15) is 5.56 Å². The maximum absolute atomic E-state index is 5.67. The Labute approximate surface area is 85.7 Å². The lowest BCUT2D eigenvalue weighted by Crippen LogP contribution is -2.09. The highest BCUT2D eigenvalue weighted by molar-refractivity contribution is 8.17. The van der Waals surface area contributed by atoms with Crippen LogP contribution in [-0.2, 0) is 0 Å². The second-order valence-corrected chi connectivity index (χ2v) is 4.22. The molecule has 0 fully saturated rings. The van der Waals surface area contributed by atoms with Gasteiger partial charge in [0.1, 0.15) is 12.4 Å². The van der Waals surface area contributed by atoms with Gasteiger partial charge in [-0.05, 0) is 17.1 Å². The molecule has 2 N–H and O–H groups in total. The van der Waals surface area contributed by atoms with Crippen LogP contribution in [-0.4, -0.2) is 11.8 Å². The first-order valence-corrected chi connectivity index (χ1v) is 5.13. The van der Waals surface area contributed by atoms with Crippen molar-refractivity contribution in [1.29, 1.82) is 0 Å². The van der Waals surface area contributed by atoms with Crippen molar-refractivity contribution < 1.29 is 4.74 Å². The number of thioether (sulfide) groups is 1. The molecule has 0 aliphatic carbocycles. The number of hydrogen-bond donors (Lipinski definition) is 1. The van der Waals surface area contributed by atoms with E-state index in [0.29, 0.717) is 11.8 Å². The normalized spacial score (nSPS) is 18.4. The monoisotopic (exact) mass is 204 g/mol. The van der Waals surface area contributed by atoms with E-state index in [-0.39, 0.29) is 0 Å². The van der Waals surface area contributed by atoms with Crippen molar-refractivity contribution in [1.82, 2.24) is 4.99 Å². The molecule has 14 heavy (non-hydrogen) atoms. The van der Waals surface area contributed by atoms with E-state index in [1.807, 2.05) is 24.3 Å². The van der Waals surface area contributed by atoms with Gasteiger partial charge in [-0.1, -0.05) is 12.1 Å². The van der Waals surface area contributed by atoms with Gasteiger partial charge in [-0.2, -0.15) is 0 Å². The second-order valence-electron chi connectivity index (χ2n) is 3.11. The van der Waals surface area contributed by atoms with E-state index in [1.165, 1.54) is 11.8 Å². The molecule has 0 aromatic heterocycles. The summed E-state index contributed by atoms with van der Waals surface area (Å²) in [4.78, 5) is 5.42. The number of para-hydroxylation sites is 1. The summed E-state index contributed by atoms with van der Waals surface area (Å²) in [5.74, 6) is 0.894. The van der Waals surface area contributed by atoms with E-state index in [0.717, 1.165) is 21.9 Å². The van der Waals surface area contributed by atoms with Gasteiger partial charge in [-0.25, -0.2) is 0 Å². The van der Waals surface area contributed by atoms with Gasteiger partial charge in [-0.3, -0.25) is 5.73 Å². The molecular formula is C10H8N2OS+. The number of benzene rings is 1. The van der Waals surface area contributed by atoms with Crippen LogP contribution in [0, 0.1) is 0 Å². The third-order valence-corrected chi connectivity index (χ3v) is 3.07. The Morgan fingerprint density at radius 3 is 3.14 bits per heavy atom. The van der Waals surface area contributed by atoms with Crippen LogP contribution < -0.4 is 15.5 Å². The summed E-state index contributed by atoms with van der Waals surface area (Å²) >= 11 is 1.50. The van der Waals surface area contributed by atoms with E-state index in [2.05, 4.69) is 4.99 Å². The Morgan fingerprint density at radius 2 is 2.21 bits per heavy atom. The van der Waals surface area contributed by atoms with Crippen LogP contribution in [0.15, 0.2) is 29.2 Å².